The van der Waals surface area contributed by atoms with Crippen LogP contribution >= 0.6 is 27.5 Å². The molecule has 0 atom stereocenters. The molecule has 0 bridgehead atoms. The molecule has 1 aromatic carbocycles. The second-order valence-electron chi connectivity index (χ2n) is 3.65. The molecule has 0 saturated heterocycles. The van der Waals surface area contributed by atoms with E-state index in [1.54, 1.807) is 12.4 Å². The van der Waals surface area contributed by atoms with Gasteiger partial charge in [0.05, 0.1) is 4.47 Å². The highest BCUT2D eigenvalue weighted by Crippen LogP contribution is 2.29. The highest BCUT2D eigenvalue weighted by atomic mass is 79.9. The zero-order chi connectivity index (χ0) is 12.4. The summed E-state index contributed by atoms with van der Waals surface area (Å²) in [5.74, 6) is 0.747. The van der Waals surface area contributed by atoms with Gasteiger partial charge in [-0.3, -0.25) is 0 Å². The van der Waals surface area contributed by atoms with Crippen LogP contribution < -0.4 is 4.74 Å². The van der Waals surface area contributed by atoms with E-state index in [0.29, 0.717) is 11.0 Å². The Morgan fingerprint density at radius 3 is 2.18 bits per heavy atom. The summed E-state index contributed by atoms with van der Waals surface area (Å²) in [5.41, 5.74) is 1.92. The number of aromatic nitrogens is 2. The van der Waals surface area contributed by atoms with Gasteiger partial charge in [-0.1, -0.05) is 11.6 Å². The summed E-state index contributed by atoms with van der Waals surface area (Å²) < 4.78 is 6.46. The Bertz CT molecular complexity index is 520. The lowest BCUT2D eigenvalue weighted by Gasteiger charge is -2.10. The van der Waals surface area contributed by atoms with E-state index in [1.807, 2.05) is 26.0 Å². The lowest BCUT2D eigenvalue weighted by atomic mass is 10.1. The average molecular weight is 314 g/mol. The molecule has 0 saturated carbocycles. The van der Waals surface area contributed by atoms with Crippen LogP contribution in [0.4, 0.5) is 0 Å². The van der Waals surface area contributed by atoms with Crippen molar-refractivity contribution >= 4 is 27.5 Å². The normalized spacial score (nSPS) is 10.4. The van der Waals surface area contributed by atoms with E-state index in [0.717, 1.165) is 21.3 Å². The summed E-state index contributed by atoms with van der Waals surface area (Å²) in [7, 11) is 0. The third-order valence-corrected chi connectivity index (χ3v) is 2.84. The predicted octanol–water partition coefficient (Wildman–Crippen LogP) is 4.30. The van der Waals surface area contributed by atoms with E-state index in [-0.39, 0.29) is 0 Å². The molecular weight excluding hydrogens is 304 g/mol. The number of nitrogens with zero attached hydrogens (tertiary/aromatic N) is 2. The summed E-state index contributed by atoms with van der Waals surface area (Å²) in [6.45, 7) is 3.88. The monoisotopic (exact) mass is 312 g/mol. The van der Waals surface area contributed by atoms with Gasteiger partial charge in [-0.05, 0) is 53.0 Å². The van der Waals surface area contributed by atoms with E-state index in [2.05, 4.69) is 25.9 Å². The maximum Gasteiger partial charge on any atom is 0.321 e. The fraction of sp³-hybridized carbons (Fsp3) is 0.167. The number of rotatable bonds is 2. The largest absolute Gasteiger partial charge is 0.424 e. The molecule has 17 heavy (non-hydrogen) atoms. The standard InChI is InChI=1S/C12H10BrClN2O/c1-7-3-10(14)4-8(2)11(7)17-12-15-5-9(13)6-16-12/h3-6H,1-2H3. The van der Waals surface area contributed by atoms with Crippen LogP contribution in [0.25, 0.3) is 0 Å². The molecule has 0 radical (unpaired) electrons. The molecule has 2 aromatic rings. The number of ether oxygens (including phenoxy) is 1. The zero-order valence-electron chi connectivity index (χ0n) is 9.37. The molecular formula is C12H10BrClN2O. The number of hydrogen-bond acceptors (Lipinski definition) is 3. The molecule has 5 heteroatoms. The summed E-state index contributed by atoms with van der Waals surface area (Å²) in [4.78, 5) is 8.13. The quantitative estimate of drug-likeness (QED) is 0.829. The maximum atomic E-state index is 5.95. The van der Waals surface area contributed by atoms with Gasteiger partial charge in [-0.15, -0.1) is 0 Å². The Morgan fingerprint density at radius 2 is 1.65 bits per heavy atom. The van der Waals surface area contributed by atoms with Gasteiger partial charge in [-0.25, -0.2) is 9.97 Å². The van der Waals surface area contributed by atoms with Crippen LogP contribution in [0.3, 0.4) is 0 Å². The topological polar surface area (TPSA) is 35.0 Å². The maximum absolute atomic E-state index is 5.95. The van der Waals surface area contributed by atoms with Crippen LogP contribution in [0.15, 0.2) is 29.0 Å². The minimum Gasteiger partial charge on any atom is -0.424 e. The molecule has 1 aromatic heterocycles. The minimum absolute atomic E-state index is 0.321. The third kappa shape index (κ3) is 2.96. The molecule has 0 amide bonds. The summed E-state index contributed by atoms with van der Waals surface area (Å²) in [6, 6.07) is 4.02. The van der Waals surface area contributed by atoms with Crippen molar-refractivity contribution in [2.45, 2.75) is 13.8 Å². The Labute approximate surface area is 113 Å². The Morgan fingerprint density at radius 1 is 1.12 bits per heavy atom. The van der Waals surface area contributed by atoms with Gasteiger partial charge in [0.2, 0.25) is 0 Å². The van der Waals surface area contributed by atoms with E-state index in [4.69, 9.17) is 16.3 Å². The van der Waals surface area contributed by atoms with Crippen molar-refractivity contribution in [2.24, 2.45) is 0 Å². The van der Waals surface area contributed by atoms with Crippen molar-refractivity contribution < 1.29 is 4.74 Å². The van der Waals surface area contributed by atoms with Gasteiger partial charge in [0.1, 0.15) is 5.75 Å². The predicted molar refractivity (Wildman–Crippen MR) is 70.7 cm³/mol. The SMILES string of the molecule is Cc1cc(Cl)cc(C)c1Oc1ncc(Br)cn1. The lowest BCUT2D eigenvalue weighted by molar-refractivity contribution is 0.435. The van der Waals surface area contributed by atoms with E-state index >= 15 is 0 Å². The first kappa shape index (κ1) is 12.3. The summed E-state index contributed by atoms with van der Waals surface area (Å²) >= 11 is 9.22. The summed E-state index contributed by atoms with van der Waals surface area (Å²) in [6.07, 6.45) is 3.28. The number of aryl methyl sites for hydroxylation is 2. The van der Waals surface area contributed by atoms with Crippen LogP contribution in [-0.2, 0) is 0 Å². The van der Waals surface area contributed by atoms with Crippen molar-refractivity contribution in [1.29, 1.82) is 0 Å². The fourth-order valence-electron chi connectivity index (χ4n) is 1.50. The summed E-state index contributed by atoms with van der Waals surface area (Å²) in [5, 5.41) is 0.698. The van der Waals surface area contributed by atoms with Gasteiger partial charge >= 0.3 is 6.01 Å². The second kappa shape index (κ2) is 5.02. The highest BCUT2D eigenvalue weighted by molar-refractivity contribution is 9.10. The first-order valence-corrected chi connectivity index (χ1v) is 6.15. The van der Waals surface area contributed by atoms with Crippen LogP contribution in [-0.4, -0.2) is 9.97 Å². The minimum atomic E-state index is 0.321. The van der Waals surface area contributed by atoms with Gasteiger partial charge in [-0.2, -0.15) is 0 Å². The van der Waals surface area contributed by atoms with Crippen molar-refractivity contribution in [2.75, 3.05) is 0 Å². The van der Waals surface area contributed by atoms with Gasteiger partial charge in [0, 0.05) is 17.4 Å². The molecule has 0 aliphatic carbocycles. The Balaban J connectivity index is 2.33. The molecule has 88 valence electrons. The molecule has 0 aliphatic heterocycles. The molecule has 1 heterocycles. The van der Waals surface area contributed by atoms with Crippen LogP contribution in [0, 0.1) is 13.8 Å². The van der Waals surface area contributed by atoms with E-state index in [9.17, 15) is 0 Å². The number of halogens is 2. The van der Waals surface area contributed by atoms with Crippen LogP contribution in [0.2, 0.25) is 5.02 Å². The van der Waals surface area contributed by atoms with E-state index in [1.165, 1.54) is 0 Å². The second-order valence-corrected chi connectivity index (χ2v) is 5.01. The van der Waals surface area contributed by atoms with Crippen molar-refractivity contribution in [3.8, 4) is 11.8 Å². The molecule has 0 fully saturated rings. The van der Waals surface area contributed by atoms with E-state index < -0.39 is 0 Å². The lowest BCUT2D eigenvalue weighted by Crippen LogP contribution is -1.95. The Hall–Kier alpha value is -1.13. The molecule has 0 unspecified atom stereocenters. The molecule has 0 aliphatic rings. The zero-order valence-corrected chi connectivity index (χ0v) is 11.7. The van der Waals surface area contributed by atoms with Crippen molar-refractivity contribution in [3.63, 3.8) is 0 Å². The third-order valence-electron chi connectivity index (χ3n) is 2.22. The molecule has 0 spiro atoms. The first-order chi connectivity index (χ1) is 8.06. The van der Waals surface area contributed by atoms with Crippen molar-refractivity contribution in [3.05, 3.63) is 45.1 Å². The first-order valence-electron chi connectivity index (χ1n) is 4.98. The highest BCUT2D eigenvalue weighted by Gasteiger charge is 2.08. The Kier molecular flexibility index (Phi) is 3.64. The molecule has 0 N–H and O–H groups in total. The van der Waals surface area contributed by atoms with Crippen molar-refractivity contribution in [1.82, 2.24) is 9.97 Å². The van der Waals surface area contributed by atoms with Gasteiger partial charge < -0.3 is 4.74 Å². The average Bonchev–Trinajstić information content (AvgIpc) is 2.26. The van der Waals surface area contributed by atoms with Crippen LogP contribution in [0.1, 0.15) is 11.1 Å². The van der Waals surface area contributed by atoms with Gasteiger partial charge in [0.25, 0.3) is 0 Å². The molecule has 3 nitrogen and oxygen atoms in total. The smallest absolute Gasteiger partial charge is 0.321 e. The van der Waals surface area contributed by atoms with Gasteiger partial charge in [0.15, 0.2) is 0 Å². The van der Waals surface area contributed by atoms with Crippen LogP contribution in [0.5, 0.6) is 11.8 Å². The molecule has 2 rings (SSSR count). The fourth-order valence-corrected chi connectivity index (χ4v) is 2.03. The number of hydrogen-bond donors (Lipinski definition) is 0. The number of benzene rings is 1.